The summed E-state index contributed by atoms with van der Waals surface area (Å²) in [4.78, 5) is 8.81. The third-order valence-corrected chi connectivity index (χ3v) is 2.47. The van der Waals surface area contributed by atoms with Crippen molar-refractivity contribution < 1.29 is 4.74 Å². The van der Waals surface area contributed by atoms with Gasteiger partial charge in [-0.15, -0.1) is 5.10 Å². The molecule has 0 unspecified atom stereocenters. The third kappa shape index (κ3) is 3.67. The first-order valence-corrected chi connectivity index (χ1v) is 6.53. The summed E-state index contributed by atoms with van der Waals surface area (Å²) in [6.07, 6.45) is 1.83. The van der Waals surface area contributed by atoms with Gasteiger partial charge in [0.05, 0.1) is 0 Å². The molecule has 0 saturated heterocycles. The van der Waals surface area contributed by atoms with Crippen LogP contribution >= 0.6 is 0 Å². The lowest BCUT2D eigenvalue weighted by Gasteiger charge is -2.08. The molecule has 2 N–H and O–H groups in total. The van der Waals surface area contributed by atoms with Crippen molar-refractivity contribution in [2.24, 2.45) is 0 Å². The Kier molecular flexibility index (Phi) is 4.33. The number of aromatic amines is 1. The number of aromatic nitrogens is 4. The van der Waals surface area contributed by atoms with Crippen LogP contribution in [0.25, 0.3) is 0 Å². The van der Waals surface area contributed by atoms with Crippen molar-refractivity contribution in [3.05, 3.63) is 23.7 Å². The minimum Gasteiger partial charge on any atom is -0.419 e. The third-order valence-electron chi connectivity index (χ3n) is 2.47. The van der Waals surface area contributed by atoms with Crippen molar-refractivity contribution in [1.29, 1.82) is 0 Å². The molecule has 0 atom stereocenters. The highest BCUT2D eigenvalue weighted by atomic mass is 16.5. The molecule has 0 aliphatic heterocycles. The maximum absolute atomic E-state index is 5.64. The molecule has 19 heavy (non-hydrogen) atoms. The smallest absolute Gasteiger partial charge is 0.240 e. The summed E-state index contributed by atoms with van der Waals surface area (Å²) in [5.41, 5.74) is 0.949. The van der Waals surface area contributed by atoms with Gasteiger partial charge >= 0.3 is 0 Å². The zero-order valence-corrected chi connectivity index (χ0v) is 11.5. The molecular weight excluding hydrogens is 242 g/mol. The first kappa shape index (κ1) is 13.3. The fourth-order valence-corrected chi connectivity index (χ4v) is 1.68. The number of hydrogen-bond acceptors (Lipinski definition) is 5. The Morgan fingerprint density at radius 2 is 2.05 bits per heavy atom. The lowest BCUT2D eigenvalue weighted by molar-refractivity contribution is 0.440. The molecule has 0 aliphatic rings. The van der Waals surface area contributed by atoms with Gasteiger partial charge in [-0.1, -0.05) is 6.92 Å². The van der Waals surface area contributed by atoms with E-state index in [1.165, 1.54) is 0 Å². The van der Waals surface area contributed by atoms with Gasteiger partial charge in [-0.05, 0) is 20.3 Å². The van der Waals surface area contributed by atoms with Crippen LogP contribution in [0.5, 0.6) is 11.8 Å². The fraction of sp³-hybridized carbons (Fsp3) is 0.462. The van der Waals surface area contributed by atoms with Crippen LogP contribution < -0.4 is 10.1 Å². The zero-order chi connectivity index (χ0) is 13.7. The summed E-state index contributed by atoms with van der Waals surface area (Å²) < 4.78 is 5.64. The van der Waals surface area contributed by atoms with Crippen LogP contribution in [0.4, 0.5) is 5.82 Å². The topological polar surface area (TPSA) is 75.7 Å². The normalized spacial score (nSPS) is 10.5. The highest BCUT2D eigenvalue weighted by Gasteiger charge is 2.07. The second-order valence-electron chi connectivity index (χ2n) is 4.28. The molecule has 6 heteroatoms. The standard InChI is InChI=1S/C13H19N5O/c1-4-6-10-15-11(14-5-2)8-12(16-10)19-13-7-9(3)17-18-13/h7-8H,4-6H2,1-3H3,(H,17,18)(H,14,15,16). The summed E-state index contributed by atoms with van der Waals surface area (Å²) in [7, 11) is 0. The summed E-state index contributed by atoms with van der Waals surface area (Å²) in [6, 6.07) is 3.61. The predicted molar refractivity (Wildman–Crippen MR) is 73.6 cm³/mol. The number of rotatable bonds is 6. The average Bonchev–Trinajstić information content (AvgIpc) is 2.75. The minimum atomic E-state index is 0.515. The maximum atomic E-state index is 5.64. The van der Waals surface area contributed by atoms with Gasteiger partial charge in [0, 0.05) is 30.8 Å². The number of nitrogens with zero attached hydrogens (tertiary/aromatic N) is 3. The van der Waals surface area contributed by atoms with E-state index < -0.39 is 0 Å². The highest BCUT2D eigenvalue weighted by molar-refractivity contribution is 5.39. The Labute approximate surface area is 112 Å². The van der Waals surface area contributed by atoms with Crippen molar-refractivity contribution >= 4 is 5.82 Å². The largest absolute Gasteiger partial charge is 0.419 e. The number of H-pyrrole nitrogens is 1. The predicted octanol–water partition coefficient (Wildman–Crippen LogP) is 2.68. The summed E-state index contributed by atoms with van der Waals surface area (Å²) in [6.45, 7) is 6.86. The van der Waals surface area contributed by atoms with Crippen LogP contribution in [0.1, 0.15) is 31.8 Å². The van der Waals surface area contributed by atoms with Gasteiger partial charge in [0.25, 0.3) is 0 Å². The Balaban J connectivity index is 2.22. The number of aryl methyl sites for hydroxylation is 2. The first-order chi connectivity index (χ1) is 9.21. The first-order valence-electron chi connectivity index (χ1n) is 6.53. The Morgan fingerprint density at radius 3 is 2.68 bits per heavy atom. The van der Waals surface area contributed by atoms with Gasteiger partial charge in [-0.25, -0.2) is 4.98 Å². The molecular formula is C13H19N5O. The highest BCUT2D eigenvalue weighted by Crippen LogP contribution is 2.20. The summed E-state index contributed by atoms with van der Waals surface area (Å²) in [5, 5.41) is 10.0. The van der Waals surface area contributed by atoms with Crippen LogP contribution in [0.15, 0.2) is 12.1 Å². The summed E-state index contributed by atoms with van der Waals surface area (Å²) >= 11 is 0. The Morgan fingerprint density at radius 1 is 1.21 bits per heavy atom. The van der Waals surface area contributed by atoms with E-state index in [0.717, 1.165) is 36.7 Å². The van der Waals surface area contributed by atoms with Crippen LogP contribution in [-0.4, -0.2) is 26.7 Å². The number of anilines is 1. The van der Waals surface area contributed by atoms with Gasteiger partial charge in [-0.3, -0.25) is 5.10 Å². The van der Waals surface area contributed by atoms with Crippen LogP contribution in [0, 0.1) is 6.92 Å². The van der Waals surface area contributed by atoms with E-state index >= 15 is 0 Å². The Bertz CT molecular complexity index is 513. The molecule has 2 aromatic rings. The Hall–Kier alpha value is -2.11. The maximum Gasteiger partial charge on any atom is 0.240 e. The van der Waals surface area contributed by atoms with E-state index in [1.54, 1.807) is 6.07 Å². The van der Waals surface area contributed by atoms with E-state index in [9.17, 15) is 0 Å². The molecule has 0 spiro atoms. The molecule has 2 aromatic heterocycles. The van der Waals surface area contributed by atoms with E-state index in [-0.39, 0.29) is 0 Å². The van der Waals surface area contributed by atoms with Gasteiger partial charge in [-0.2, -0.15) is 4.98 Å². The molecule has 102 valence electrons. The summed E-state index contributed by atoms with van der Waals surface area (Å²) in [5.74, 6) is 2.59. The lowest BCUT2D eigenvalue weighted by atomic mass is 10.3. The van der Waals surface area contributed by atoms with Crippen LogP contribution in [0.3, 0.4) is 0 Å². The molecule has 0 bridgehead atoms. The van der Waals surface area contributed by atoms with Crippen molar-refractivity contribution in [1.82, 2.24) is 20.2 Å². The molecule has 0 radical (unpaired) electrons. The van der Waals surface area contributed by atoms with E-state index in [4.69, 9.17) is 4.74 Å². The molecule has 6 nitrogen and oxygen atoms in total. The van der Waals surface area contributed by atoms with Gasteiger partial charge in [0.1, 0.15) is 11.6 Å². The SMILES string of the molecule is CCCc1nc(NCC)cc(Oc2cc(C)[nH]n2)n1. The van der Waals surface area contributed by atoms with Gasteiger partial charge in [0.15, 0.2) is 0 Å². The van der Waals surface area contributed by atoms with E-state index in [1.807, 2.05) is 19.9 Å². The quantitative estimate of drug-likeness (QED) is 0.836. The van der Waals surface area contributed by atoms with Crippen molar-refractivity contribution in [2.45, 2.75) is 33.6 Å². The molecule has 0 saturated carbocycles. The van der Waals surface area contributed by atoms with Crippen molar-refractivity contribution in [3.8, 4) is 11.8 Å². The lowest BCUT2D eigenvalue weighted by Crippen LogP contribution is -2.04. The molecule has 2 heterocycles. The molecule has 0 aromatic carbocycles. The monoisotopic (exact) mass is 261 g/mol. The average molecular weight is 261 g/mol. The van der Waals surface area contributed by atoms with E-state index in [0.29, 0.717) is 11.8 Å². The molecule has 2 rings (SSSR count). The second-order valence-corrected chi connectivity index (χ2v) is 4.28. The van der Waals surface area contributed by atoms with Crippen LogP contribution in [0.2, 0.25) is 0 Å². The number of ether oxygens (including phenoxy) is 1. The molecule has 0 aliphatic carbocycles. The fourth-order valence-electron chi connectivity index (χ4n) is 1.68. The van der Waals surface area contributed by atoms with Gasteiger partial charge < -0.3 is 10.1 Å². The van der Waals surface area contributed by atoms with E-state index in [2.05, 4.69) is 32.4 Å². The minimum absolute atomic E-state index is 0.515. The molecule has 0 fully saturated rings. The van der Waals surface area contributed by atoms with Crippen molar-refractivity contribution in [3.63, 3.8) is 0 Å². The van der Waals surface area contributed by atoms with Gasteiger partial charge in [0.2, 0.25) is 11.8 Å². The molecule has 0 amide bonds. The second kappa shape index (κ2) is 6.17. The zero-order valence-electron chi connectivity index (χ0n) is 11.5. The van der Waals surface area contributed by atoms with Crippen molar-refractivity contribution in [2.75, 3.05) is 11.9 Å². The number of hydrogen-bond donors (Lipinski definition) is 2. The number of nitrogens with one attached hydrogen (secondary N) is 2. The van der Waals surface area contributed by atoms with Crippen LogP contribution in [-0.2, 0) is 6.42 Å².